The number of aromatic nitrogens is 4. The third-order valence-corrected chi connectivity index (χ3v) is 6.59. The number of rotatable bonds is 5. The molecule has 0 aliphatic carbocycles. The summed E-state index contributed by atoms with van der Waals surface area (Å²) in [5.74, 6) is 1.64. The second-order valence-electron chi connectivity index (χ2n) is 7.64. The fourth-order valence-electron chi connectivity index (χ4n) is 3.06. The lowest BCUT2D eigenvalue weighted by molar-refractivity contribution is 0.176. The van der Waals surface area contributed by atoms with Crippen LogP contribution in [0.3, 0.4) is 0 Å². The zero-order valence-electron chi connectivity index (χ0n) is 16.0. The number of hydrogen-bond donors (Lipinski definition) is 1. The van der Waals surface area contributed by atoms with Crippen LogP contribution >= 0.6 is 11.3 Å². The molecule has 8 heteroatoms. The van der Waals surface area contributed by atoms with Gasteiger partial charge in [0.15, 0.2) is 0 Å². The molecule has 0 spiro atoms. The molecule has 0 saturated carbocycles. The molecule has 0 unspecified atom stereocenters. The zero-order chi connectivity index (χ0) is 18.7. The summed E-state index contributed by atoms with van der Waals surface area (Å²) in [4.78, 5) is 18.7. The Morgan fingerprint density at radius 1 is 1.35 bits per heavy atom. The number of aryl methyl sites for hydroxylation is 1. The van der Waals surface area contributed by atoms with Crippen LogP contribution in [0.1, 0.15) is 50.9 Å². The van der Waals surface area contributed by atoms with Crippen LogP contribution in [0, 0.1) is 12.8 Å². The standard InChI is InChI=1S/C18H28N6OS/c1-5-18(3,4)15-21-22-16(26-15)20-17(25)23-9-6-14(7-10-23)12-24-11-8-19-13(24)2/h8,11,14H,5-7,9-10,12H2,1-4H3,(H,20,22,25). The first kappa shape index (κ1) is 18.8. The van der Waals surface area contributed by atoms with Crippen molar-refractivity contribution in [2.24, 2.45) is 5.92 Å². The predicted octanol–water partition coefficient (Wildman–Crippen LogP) is 3.67. The molecule has 3 heterocycles. The first-order chi connectivity index (χ1) is 12.4. The second kappa shape index (κ2) is 7.73. The van der Waals surface area contributed by atoms with Crippen LogP contribution in [-0.4, -0.2) is 43.8 Å². The lowest BCUT2D eigenvalue weighted by Gasteiger charge is -2.32. The molecule has 0 aromatic carbocycles. The average molecular weight is 377 g/mol. The summed E-state index contributed by atoms with van der Waals surface area (Å²) in [6.45, 7) is 11.0. The van der Waals surface area contributed by atoms with Gasteiger partial charge in [0.25, 0.3) is 0 Å². The quantitative estimate of drug-likeness (QED) is 0.864. The van der Waals surface area contributed by atoms with Crippen molar-refractivity contribution in [2.75, 3.05) is 18.4 Å². The van der Waals surface area contributed by atoms with Crippen LogP contribution in [0.4, 0.5) is 9.93 Å². The Kier molecular flexibility index (Phi) is 5.60. The van der Waals surface area contributed by atoms with Gasteiger partial charge in [-0.25, -0.2) is 9.78 Å². The van der Waals surface area contributed by atoms with Crippen LogP contribution in [0.15, 0.2) is 12.4 Å². The van der Waals surface area contributed by atoms with Crippen LogP contribution < -0.4 is 5.32 Å². The van der Waals surface area contributed by atoms with E-state index in [1.54, 1.807) is 0 Å². The van der Waals surface area contributed by atoms with Gasteiger partial charge in [-0.1, -0.05) is 32.1 Å². The lowest BCUT2D eigenvalue weighted by atomic mass is 9.91. The Balaban J connectivity index is 1.50. The maximum absolute atomic E-state index is 12.5. The van der Waals surface area contributed by atoms with E-state index >= 15 is 0 Å². The van der Waals surface area contributed by atoms with Crippen LogP contribution in [-0.2, 0) is 12.0 Å². The molecule has 1 aliphatic heterocycles. The van der Waals surface area contributed by atoms with Crippen molar-refractivity contribution in [1.82, 2.24) is 24.6 Å². The summed E-state index contributed by atoms with van der Waals surface area (Å²) in [5.41, 5.74) is -0.00948. The molecule has 1 N–H and O–H groups in total. The molecule has 1 saturated heterocycles. The highest BCUT2D eigenvalue weighted by Gasteiger charge is 2.26. The molecule has 26 heavy (non-hydrogen) atoms. The minimum absolute atomic E-state index is 0.00948. The molecule has 0 atom stereocenters. The van der Waals surface area contributed by atoms with Gasteiger partial charge in [-0.2, -0.15) is 0 Å². The normalized spacial score (nSPS) is 16.1. The van der Waals surface area contributed by atoms with Crippen LogP contribution in [0.2, 0.25) is 0 Å². The van der Waals surface area contributed by atoms with E-state index in [4.69, 9.17) is 0 Å². The second-order valence-corrected chi connectivity index (χ2v) is 8.61. The van der Waals surface area contributed by atoms with Gasteiger partial charge in [0.2, 0.25) is 5.13 Å². The number of amides is 2. The van der Waals surface area contributed by atoms with Crippen molar-refractivity contribution >= 4 is 22.5 Å². The highest BCUT2D eigenvalue weighted by Crippen LogP contribution is 2.31. The number of carbonyl (C=O) groups is 1. The maximum atomic E-state index is 12.5. The minimum Gasteiger partial charge on any atom is -0.335 e. The molecule has 2 aromatic rings. The Morgan fingerprint density at radius 2 is 2.08 bits per heavy atom. The third kappa shape index (κ3) is 4.23. The van der Waals surface area contributed by atoms with Crippen molar-refractivity contribution in [1.29, 1.82) is 0 Å². The topological polar surface area (TPSA) is 75.9 Å². The van der Waals surface area contributed by atoms with Crippen molar-refractivity contribution < 1.29 is 4.79 Å². The number of carbonyl (C=O) groups excluding carboxylic acids is 1. The maximum Gasteiger partial charge on any atom is 0.323 e. The number of piperidine rings is 1. The number of anilines is 1. The Hall–Kier alpha value is -1.96. The molecule has 142 valence electrons. The van der Waals surface area contributed by atoms with E-state index in [1.807, 2.05) is 24.2 Å². The number of imidazole rings is 1. The summed E-state index contributed by atoms with van der Waals surface area (Å²) in [5, 5.41) is 12.8. The van der Waals surface area contributed by atoms with Gasteiger partial charge in [-0.3, -0.25) is 5.32 Å². The largest absolute Gasteiger partial charge is 0.335 e. The number of hydrogen-bond acceptors (Lipinski definition) is 5. The van der Waals surface area contributed by atoms with Gasteiger partial charge in [0.05, 0.1) is 0 Å². The Labute approximate surface area is 158 Å². The van der Waals surface area contributed by atoms with Crippen LogP contribution in [0.5, 0.6) is 0 Å². The minimum atomic E-state index is -0.0701. The fourth-order valence-corrected chi connectivity index (χ4v) is 3.97. The lowest BCUT2D eigenvalue weighted by Crippen LogP contribution is -2.41. The number of nitrogens with one attached hydrogen (secondary N) is 1. The van der Waals surface area contributed by atoms with Gasteiger partial charge in [0, 0.05) is 37.4 Å². The zero-order valence-corrected chi connectivity index (χ0v) is 16.8. The first-order valence-corrected chi connectivity index (χ1v) is 10.1. The summed E-state index contributed by atoms with van der Waals surface area (Å²) in [6.07, 6.45) is 6.87. The summed E-state index contributed by atoms with van der Waals surface area (Å²) in [6, 6.07) is -0.0701. The van der Waals surface area contributed by atoms with E-state index in [0.29, 0.717) is 11.0 Å². The Bertz CT molecular complexity index is 744. The molecule has 3 rings (SSSR count). The van der Waals surface area contributed by atoms with Crippen molar-refractivity contribution in [3.8, 4) is 0 Å². The number of likely N-dealkylation sites (tertiary alicyclic amines) is 1. The molecule has 1 fully saturated rings. The molecule has 2 amide bonds. The van der Waals surface area contributed by atoms with E-state index in [1.165, 1.54) is 11.3 Å². The van der Waals surface area contributed by atoms with Gasteiger partial charge >= 0.3 is 6.03 Å². The molecular formula is C18H28N6OS. The highest BCUT2D eigenvalue weighted by atomic mass is 32.1. The van der Waals surface area contributed by atoms with Crippen molar-refractivity contribution in [3.63, 3.8) is 0 Å². The number of urea groups is 1. The fraction of sp³-hybridized carbons (Fsp3) is 0.667. The molecule has 2 aromatic heterocycles. The monoisotopic (exact) mass is 376 g/mol. The van der Waals surface area contributed by atoms with Crippen LogP contribution in [0.25, 0.3) is 0 Å². The summed E-state index contributed by atoms with van der Waals surface area (Å²) < 4.78 is 2.19. The van der Waals surface area contributed by atoms with Crippen molar-refractivity contribution in [3.05, 3.63) is 23.2 Å². The molecular weight excluding hydrogens is 348 g/mol. The van der Waals surface area contributed by atoms with E-state index in [0.717, 1.165) is 49.7 Å². The van der Waals surface area contributed by atoms with Gasteiger partial charge in [-0.15, -0.1) is 10.2 Å². The van der Waals surface area contributed by atoms with Gasteiger partial charge in [0.1, 0.15) is 10.8 Å². The third-order valence-electron chi connectivity index (χ3n) is 5.38. The van der Waals surface area contributed by atoms with Crippen molar-refractivity contribution in [2.45, 2.75) is 58.9 Å². The predicted molar refractivity (Wildman–Crippen MR) is 104 cm³/mol. The Morgan fingerprint density at radius 3 is 2.69 bits per heavy atom. The van der Waals surface area contributed by atoms with E-state index in [9.17, 15) is 4.79 Å². The SMILES string of the molecule is CCC(C)(C)c1nnc(NC(=O)N2CCC(Cn3ccnc3C)CC2)s1. The summed E-state index contributed by atoms with van der Waals surface area (Å²) in [7, 11) is 0. The number of nitrogens with zero attached hydrogens (tertiary/aromatic N) is 5. The van der Waals surface area contributed by atoms with Gasteiger partial charge in [-0.05, 0) is 32.1 Å². The van der Waals surface area contributed by atoms with Gasteiger partial charge < -0.3 is 9.47 Å². The smallest absolute Gasteiger partial charge is 0.323 e. The van der Waals surface area contributed by atoms with E-state index < -0.39 is 0 Å². The first-order valence-electron chi connectivity index (χ1n) is 9.26. The van der Waals surface area contributed by atoms with E-state index in [-0.39, 0.29) is 11.4 Å². The molecule has 0 radical (unpaired) electrons. The van der Waals surface area contributed by atoms with E-state index in [2.05, 4.69) is 45.8 Å². The highest BCUT2D eigenvalue weighted by molar-refractivity contribution is 7.15. The molecule has 1 aliphatic rings. The molecule has 7 nitrogen and oxygen atoms in total. The average Bonchev–Trinajstić information content (AvgIpc) is 3.25. The summed E-state index contributed by atoms with van der Waals surface area (Å²) >= 11 is 1.47. The molecule has 0 bridgehead atoms.